The molecule has 3 aromatic rings. The van der Waals surface area contributed by atoms with E-state index in [1.54, 1.807) is 17.5 Å². The number of nitrogens with zero attached hydrogens (tertiary/aromatic N) is 1. The van der Waals surface area contributed by atoms with Crippen LogP contribution in [-0.2, 0) is 4.79 Å². The van der Waals surface area contributed by atoms with Crippen molar-refractivity contribution < 1.29 is 9.53 Å². The van der Waals surface area contributed by atoms with E-state index in [0.29, 0.717) is 5.92 Å². The zero-order valence-electron chi connectivity index (χ0n) is 14.2. The maximum absolute atomic E-state index is 12.1. The summed E-state index contributed by atoms with van der Waals surface area (Å²) in [5.41, 5.74) is 2.88. The van der Waals surface area contributed by atoms with Crippen LogP contribution in [0.2, 0.25) is 0 Å². The van der Waals surface area contributed by atoms with Crippen molar-refractivity contribution in [2.24, 2.45) is 0 Å². The largest absolute Gasteiger partial charge is 0.483 e. The van der Waals surface area contributed by atoms with Crippen LogP contribution in [0.5, 0.6) is 5.75 Å². The summed E-state index contributed by atoms with van der Waals surface area (Å²) in [6, 6.07) is 15.4. The summed E-state index contributed by atoms with van der Waals surface area (Å²) in [4.78, 5) is 16.4. The topological polar surface area (TPSA) is 51.2 Å². The molecule has 1 amide bonds. The van der Waals surface area contributed by atoms with Gasteiger partial charge in [0, 0.05) is 22.8 Å². The van der Waals surface area contributed by atoms with Gasteiger partial charge < -0.3 is 10.1 Å². The van der Waals surface area contributed by atoms with E-state index in [1.165, 1.54) is 0 Å². The maximum atomic E-state index is 12.1. The molecule has 1 heterocycles. The van der Waals surface area contributed by atoms with Gasteiger partial charge in [-0.25, -0.2) is 4.98 Å². The van der Waals surface area contributed by atoms with Crippen LogP contribution in [0.4, 0.5) is 5.69 Å². The molecule has 0 bridgehead atoms. The predicted molar refractivity (Wildman–Crippen MR) is 102 cm³/mol. The van der Waals surface area contributed by atoms with Gasteiger partial charge in [-0.3, -0.25) is 4.79 Å². The zero-order chi connectivity index (χ0) is 17.6. The molecule has 25 heavy (non-hydrogen) atoms. The lowest BCUT2D eigenvalue weighted by Crippen LogP contribution is -2.20. The lowest BCUT2D eigenvalue weighted by atomic mass is 10.0. The summed E-state index contributed by atoms with van der Waals surface area (Å²) in [7, 11) is 0. The van der Waals surface area contributed by atoms with Crippen molar-refractivity contribution in [1.29, 1.82) is 0 Å². The summed E-state index contributed by atoms with van der Waals surface area (Å²) in [5.74, 6) is 0.921. The van der Waals surface area contributed by atoms with E-state index in [1.807, 2.05) is 53.9 Å². The first-order chi connectivity index (χ1) is 12.1. The summed E-state index contributed by atoms with van der Waals surface area (Å²) in [6.07, 6.45) is 1.78. The number of aromatic nitrogens is 1. The average molecular weight is 352 g/mol. The normalized spacial score (nSPS) is 10.7. The van der Waals surface area contributed by atoms with E-state index in [0.717, 1.165) is 27.6 Å². The number of carbonyl (C=O) groups excluding carboxylic acids is 1. The molecule has 0 saturated heterocycles. The number of hydrogen-bond donors (Lipinski definition) is 1. The number of nitrogens with one attached hydrogen (secondary N) is 1. The second kappa shape index (κ2) is 7.94. The number of benzene rings is 2. The number of anilines is 1. The van der Waals surface area contributed by atoms with E-state index in [-0.39, 0.29) is 12.5 Å². The zero-order valence-corrected chi connectivity index (χ0v) is 15.0. The first-order valence-electron chi connectivity index (χ1n) is 8.15. The van der Waals surface area contributed by atoms with Crippen molar-refractivity contribution in [3.05, 3.63) is 65.7 Å². The van der Waals surface area contributed by atoms with Gasteiger partial charge in [-0.2, -0.15) is 0 Å². The Bertz CT molecular complexity index is 827. The Morgan fingerprint density at radius 2 is 1.92 bits per heavy atom. The van der Waals surface area contributed by atoms with Crippen molar-refractivity contribution in [3.8, 4) is 16.3 Å². The molecule has 4 nitrogen and oxygen atoms in total. The first-order valence-corrected chi connectivity index (χ1v) is 9.03. The SMILES string of the molecule is CC(C)c1ccccc1OCC(=O)Nc1ccc(-c2nccs2)cc1. The van der Waals surface area contributed by atoms with Crippen molar-refractivity contribution in [2.45, 2.75) is 19.8 Å². The second-order valence-electron chi connectivity index (χ2n) is 5.94. The van der Waals surface area contributed by atoms with Crippen LogP contribution in [0, 0.1) is 0 Å². The van der Waals surface area contributed by atoms with Crippen molar-refractivity contribution in [2.75, 3.05) is 11.9 Å². The molecule has 1 N–H and O–H groups in total. The maximum Gasteiger partial charge on any atom is 0.262 e. The van der Waals surface area contributed by atoms with Gasteiger partial charge in [-0.1, -0.05) is 32.0 Å². The third-order valence-electron chi connectivity index (χ3n) is 3.75. The number of thiazole rings is 1. The molecule has 0 aliphatic heterocycles. The molecule has 0 saturated carbocycles. The Hall–Kier alpha value is -2.66. The number of ether oxygens (including phenoxy) is 1. The second-order valence-corrected chi connectivity index (χ2v) is 6.84. The molecular formula is C20H20N2O2S. The quantitative estimate of drug-likeness (QED) is 0.683. The van der Waals surface area contributed by atoms with Gasteiger partial charge in [0.05, 0.1) is 0 Å². The minimum Gasteiger partial charge on any atom is -0.483 e. The Kier molecular flexibility index (Phi) is 5.46. The van der Waals surface area contributed by atoms with Gasteiger partial charge >= 0.3 is 0 Å². The number of carbonyl (C=O) groups is 1. The number of rotatable bonds is 6. The number of hydrogen-bond acceptors (Lipinski definition) is 4. The van der Waals surface area contributed by atoms with Crippen molar-refractivity contribution in [3.63, 3.8) is 0 Å². The lowest BCUT2D eigenvalue weighted by Gasteiger charge is -2.13. The van der Waals surface area contributed by atoms with Crippen LogP contribution >= 0.6 is 11.3 Å². The molecule has 5 heteroatoms. The van der Waals surface area contributed by atoms with Gasteiger partial charge in [0.2, 0.25) is 0 Å². The molecule has 0 aliphatic carbocycles. The number of para-hydroxylation sites is 1. The molecule has 0 atom stereocenters. The predicted octanol–water partition coefficient (Wildman–Crippen LogP) is 4.95. The van der Waals surface area contributed by atoms with Crippen LogP contribution in [0.3, 0.4) is 0 Å². The minimum absolute atomic E-state index is 0.0159. The third kappa shape index (κ3) is 4.45. The van der Waals surface area contributed by atoms with Crippen LogP contribution in [-0.4, -0.2) is 17.5 Å². The molecule has 0 unspecified atom stereocenters. The third-order valence-corrected chi connectivity index (χ3v) is 4.57. The van der Waals surface area contributed by atoms with E-state index < -0.39 is 0 Å². The van der Waals surface area contributed by atoms with Gasteiger partial charge in [-0.15, -0.1) is 11.3 Å². The highest BCUT2D eigenvalue weighted by atomic mass is 32.1. The lowest BCUT2D eigenvalue weighted by molar-refractivity contribution is -0.118. The molecule has 128 valence electrons. The first kappa shape index (κ1) is 17.2. The van der Waals surface area contributed by atoms with Gasteiger partial charge in [0.1, 0.15) is 10.8 Å². The molecule has 0 radical (unpaired) electrons. The molecule has 3 rings (SSSR count). The van der Waals surface area contributed by atoms with E-state index >= 15 is 0 Å². The summed E-state index contributed by atoms with van der Waals surface area (Å²) >= 11 is 1.59. The van der Waals surface area contributed by atoms with Crippen LogP contribution in [0.1, 0.15) is 25.3 Å². The van der Waals surface area contributed by atoms with E-state index in [9.17, 15) is 4.79 Å². The van der Waals surface area contributed by atoms with Crippen molar-refractivity contribution in [1.82, 2.24) is 4.98 Å². The fourth-order valence-corrected chi connectivity index (χ4v) is 3.14. The van der Waals surface area contributed by atoms with Gasteiger partial charge in [0.25, 0.3) is 5.91 Å². The summed E-state index contributed by atoms with van der Waals surface area (Å²) < 4.78 is 5.69. The Morgan fingerprint density at radius 1 is 1.16 bits per heavy atom. The fourth-order valence-electron chi connectivity index (χ4n) is 2.49. The molecule has 0 fully saturated rings. The van der Waals surface area contributed by atoms with Gasteiger partial charge in [-0.05, 0) is 41.8 Å². The van der Waals surface area contributed by atoms with Crippen LogP contribution in [0.15, 0.2) is 60.1 Å². The summed E-state index contributed by atoms with van der Waals surface area (Å²) in [5, 5.41) is 5.76. The smallest absolute Gasteiger partial charge is 0.262 e. The van der Waals surface area contributed by atoms with E-state index in [2.05, 4.69) is 24.1 Å². The Morgan fingerprint density at radius 3 is 2.60 bits per heavy atom. The average Bonchev–Trinajstić information content (AvgIpc) is 3.15. The Labute approximate surface area is 151 Å². The van der Waals surface area contributed by atoms with Crippen molar-refractivity contribution >= 4 is 22.9 Å². The monoisotopic (exact) mass is 352 g/mol. The standard InChI is InChI=1S/C20H20N2O2S/c1-14(2)17-5-3-4-6-18(17)24-13-19(23)22-16-9-7-15(8-10-16)20-21-11-12-25-20/h3-12,14H,13H2,1-2H3,(H,22,23). The Balaban J connectivity index is 1.58. The van der Waals surface area contributed by atoms with E-state index in [4.69, 9.17) is 4.74 Å². The molecule has 1 aromatic heterocycles. The molecular weight excluding hydrogens is 332 g/mol. The molecule has 0 spiro atoms. The van der Waals surface area contributed by atoms with Crippen LogP contribution < -0.4 is 10.1 Å². The minimum atomic E-state index is -0.180. The fraction of sp³-hybridized carbons (Fsp3) is 0.200. The van der Waals surface area contributed by atoms with Crippen LogP contribution in [0.25, 0.3) is 10.6 Å². The van der Waals surface area contributed by atoms with Gasteiger partial charge in [0.15, 0.2) is 6.61 Å². The highest BCUT2D eigenvalue weighted by Gasteiger charge is 2.09. The summed E-state index contributed by atoms with van der Waals surface area (Å²) in [6.45, 7) is 4.19. The molecule has 0 aliphatic rings. The number of amides is 1. The highest BCUT2D eigenvalue weighted by Crippen LogP contribution is 2.26. The highest BCUT2D eigenvalue weighted by molar-refractivity contribution is 7.13. The molecule has 2 aromatic carbocycles.